The van der Waals surface area contributed by atoms with Crippen molar-refractivity contribution in [3.8, 4) is 11.7 Å². The number of carbonyl (C=O) groups excluding carboxylic acids is 1. The number of rotatable bonds is 3. The number of hydrogen-bond acceptors (Lipinski definition) is 4. The van der Waals surface area contributed by atoms with Gasteiger partial charge in [0.05, 0.1) is 22.7 Å². The van der Waals surface area contributed by atoms with Crippen LogP contribution in [-0.4, -0.2) is 27.4 Å². The summed E-state index contributed by atoms with van der Waals surface area (Å²) >= 11 is 11.6. The van der Waals surface area contributed by atoms with Gasteiger partial charge in [-0.05, 0) is 12.1 Å². The zero-order valence-electron chi connectivity index (χ0n) is 11.2. The summed E-state index contributed by atoms with van der Waals surface area (Å²) in [6.45, 7) is 0. The average Bonchev–Trinajstić information content (AvgIpc) is 2.75. The van der Waals surface area contributed by atoms with Crippen LogP contribution in [0.1, 0.15) is 5.56 Å². The molecule has 0 bridgehead atoms. The van der Waals surface area contributed by atoms with Crippen molar-refractivity contribution in [2.75, 3.05) is 7.11 Å². The molecule has 0 aliphatic rings. The van der Waals surface area contributed by atoms with Gasteiger partial charge in [-0.2, -0.15) is 17.9 Å². The van der Waals surface area contributed by atoms with Crippen molar-refractivity contribution in [3.63, 3.8) is 0 Å². The Morgan fingerprint density at radius 2 is 1.87 bits per heavy atom. The molecule has 1 aromatic carbocycles. The molecule has 0 fully saturated rings. The van der Waals surface area contributed by atoms with Crippen molar-refractivity contribution in [3.05, 3.63) is 38.2 Å². The van der Waals surface area contributed by atoms with Crippen molar-refractivity contribution in [1.29, 1.82) is 0 Å². The highest BCUT2D eigenvalue weighted by Crippen LogP contribution is 2.37. The number of methoxy groups -OCH3 is 1. The number of ether oxygens (including phenoxy) is 1. The fourth-order valence-corrected chi connectivity index (χ4v) is 2.39. The number of nitrogens with zero attached hydrogens (tertiary/aromatic N) is 3. The Labute approximate surface area is 136 Å². The molecule has 0 unspecified atom stereocenters. The third-order valence-electron chi connectivity index (χ3n) is 2.70. The Morgan fingerprint density at radius 1 is 1.30 bits per heavy atom. The van der Waals surface area contributed by atoms with Crippen LogP contribution in [0.3, 0.4) is 0 Å². The molecular formula is C12H6Cl2F3N3O3. The average molecular weight is 368 g/mol. The molecule has 0 atom stereocenters. The lowest BCUT2D eigenvalue weighted by Crippen LogP contribution is -2.22. The summed E-state index contributed by atoms with van der Waals surface area (Å²) < 4.78 is 44.2. The molecule has 122 valence electrons. The van der Waals surface area contributed by atoms with Crippen molar-refractivity contribution >= 4 is 35.3 Å². The maximum atomic E-state index is 12.7. The lowest BCUT2D eigenvalue weighted by Gasteiger charge is -2.11. The number of halogens is 5. The predicted molar refractivity (Wildman–Crippen MR) is 75.9 cm³/mol. The fraction of sp³-hybridized carbons (Fsp3) is 0.167. The van der Waals surface area contributed by atoms with Gasteiger partial charge in [-0.25, -0.2) is 14.2 Å². The van der Waals surface area contributed by atoms with E-state index in [0.717, 1.165) is 0 Å². The van der Waals surface area contributed by atoms with Gasteiger partial charge < -0.3 is 4.74 Å². The topological polar surface area (TPSA) is 66.1 Å². The second-order valence-corrected chi connectivity index (χ2v) is 4.90. The summed E-state index contributed by atoms with van der Waals surface area (Å²) in [7, 11) is 1.18. The highest BCUT2D eigenvalue weighted by molar-refractivity contribution is 6.37. The molecule has 0 amide bonds. The molecule has 1 heterocycles. The Hall–Kier alpha value is -2.22. The van der Waals surface area contributed by atoms with Crippen molar-refractivity contribution in [2.45, 2.75) is 6.18 Å². The van der Waals surface area contributed by atoms with Crippen LogP contribution < -0.4 is 10.4 Å². The summed E-state index contributed by atoms with van der Waals surface area (Å²) in [5.41, 5.74) is -2.28. The zero-order chi connectivity index (χ0) is 17.4. The Morgan fingerprint density at radius 3 is 2.30 bits per heavy atom. The van der Waals surface area contributed by atoms with E-state index in [0.29, 0.717) is 27.6 Å². The number of alkyl halides is 3. The lowest BCUT2D eigenvalue weighted by atomic mass is 10.2. The van der Waals surface area contributed by atoms with Gasteiger partial charge in [0.2, 0.25) is 0 Å². The van der Waals surface area contributed by atoms with Gasteiger partial charge in [0.25, 0.3) is 0 Å². The number of aromatic nitrogens is 3. The Kier molecular flexibility index (Phi) is 4.56. The molecule has 0 aliphatic carbocycles. The standard InChI is InChI=1S/C12H6Cl2F3N3O3/c1-23-10-18-20(11(22)19(10)2-3-21)9-7(13)4-6(5-8(9)14)12(15,16)17/h2,4-5H,1H3. The van der Waals surface area contributed by atoms with Crippen LogP contribution in [0, 0.1) is 0 Å². The third kappa shape index (κ3) is 3.12. The van der Waals surface area contributed by atoms with Gasteiger partial charge in [0.15, 0.2) is 0 Å². The van der Waals surface area contributed by atoms with Crippen LogP contribution in [0.5, 0.6) is 6.01 Å². The molecule has 11 heteroatoms. The van der Waals surface area contributed by atoms with E-state index in [9.17, 15) is 22.8 Å². The summed E-state index contributed by atoms with van der Waals surface area (Å²) in [6.07, 6.45) is -3.95. The van der Waals surface area contributed by atoms with E-state index >= 15 is 0 Å². The summed E-state index contributed by atoms with van der Waals surface area (Å²) in [4.78, 5) is 22.6. The molecular weight excluding hydrogens is 362 g/mol. The summed E-state index contributed by atoms with van der Waals surface area (Å²) in [5, 5.41) is 2.82. The molecule has 2 rings (SSSR count). The first kappa shape index (κ1) is 17.1. The first-order valence-corrected chi connectivity index (χ1v) is 6.49. The minimum Gasteiger partial charge on any atom is -0.467 e. The highest BCUT2D eigenvalue weighted by atomic mass is 35.5. The van der Waals surface area contributed by atoms with E-state index in [1.807, 2.05) is 0 Å². The minimum atomic E-state index is -4.66. The largest absolute Gasteiger partial charge is 0.467 e. The van der Waals surface area contributed by atoms with E-state index in [1.54, 1.807) is 0 Å². The van der Waals surface area contributed by atoms with Gasteiger partial charge in [-0.3, -0.25) is 0 Å². The van der Waals surface area contributed by atoms with Crippen LogP contribution in [0.4, 0.5) is 13.2 Å². The van der Waals surface area contributed by atoms with E-state index < -0.39 is 27.5 Å². The summed E-state index contributed by atoms with van der Waals surface area (Å²) in [6, 6.07) is 0.914. The normalized spacial score (nSPS) is 11.2. The second-order valence-electron chi connectivity index (χ2n) is 4.08. The van der Waals surface area contributed by atoms with Crippen molar-refractivity contribution < 1.29 is 22.7 Å². The first-order valence-electron chi connectivity index (χ1n) is 5.74. The third-order valence-corrected chi connectivity index (χ3v) is 3.28. The van der Waals surface area contributed by atoms with Gasteiger partial charge in [-0.15, -0.1) is 5.10 Å². The molecule has 0 saturated heterocycles. The van der Waals surface area contributed by atoms with E-state index in [2.05, 4.69) is 5.10 Å². The summed E-state index contributed by atoms with van der Waals surface area (Å²) in [5.74, 6) is 1.36. The molecule has 0 aliphatic heterocycles. The second kappa shape index (κ2) is 6.11. The van der Waals surface area contributed by atoms with Gasteiger partial charge in [0, 0.05) is 0 Å². The quantitative estimate of drug-likeness (QED) is 0.782. The van der Waals surface area contributed by atoms with E-state index in [1.165, 1.54) is 13.1 Å². The Balaban J connectivity index is 2.74. The first-order chi connectivity index (χ1) is 10.7. The number of benzene rings is 1. The molecule has 0 radical (unpaired) electrons. The molecule has 0 saturated carbocycles. The highest BCUT2D eigenvalue weighted by Gasteiger charge is 2.32. The molecule has 0 spiro atoms. The fourth-order valence-electron chi connectivity index (χ4n) is 1.74. The van der Waals surface area contributed by atoms with Gasteiger partial charge >= 0.3 is 17.9 Å². The van der Waals surface area contributed by atoms with E-state index in [-0.39, 0.29) is 11.7 Å². The molecule has 6 nitrogen and oxygen atoms in total. The van der Waals surface area contributed by atoms with Gasteiger partial charge in [-0.1, -0.05) is 23.2 Å². The minimum absolute atomic E-state index is 0.275. The van der Waals surface area contributed by atoms with Crippen molar-refractivity contribution in [1.82, 2.24) is 14.3 Å². The van der Waals surface area contributed by atoms with Crippen LogP contribution in [0.25, 0.3) is 11.9 Å². The van der Waals surface area contributed by atoms with Crippen LogP contribution >= 0.6 is 23.2 Å². The monoisotopic (exact) mass is 367 g/mol. The SMILES string of the molecule is COc1nn(-c2c(Cl)cc(C(F)(F)F)cc2Cl)c(=O)n1C=C=O. The number of hydrogen-bond donors (Lipinski definition) is 0. The Bertz CT molecular complexity index is 844. The molecule has 23 heavy (non-hydrogen) atoms. The van der Waals surface area contributed by atoms with Crippen molar-refractivity contribution in [2.24, 2.45) is 0 Å². The lowest BCUT2D eigenvalue weighted by molar-refractivity contribution is -0.137. The molecule has 1 aromatic heterocycles. The van der Waals surface area contributed by atoms with Crippen LogP contribution in [0.15, 0.2) is 16.9 Å². The maximum absolute atomic E-state index is 12.7. The van der Waals surface area contributed by atoms with Crippen LogP contribution in [0.2, 0.25) is 10.0 Å². The zero-order valence-corrected chi connectivity index (χ0v) is 12.7. The molecule has 0 N–H and O–H groups in total. The smallest absolute Gasteiger partial charge is 0.416 e. The van der Waals surface area contributed by atoms with Gasteiger partial charge in [0.1, 0.15) is 17.8 Å². The maximum Gasteiger partial charge on any atom is 0.416 e. The van der Waals surface area contributed by atoms with E-state index in [4.69, 9.17) is 27.9 Å². The molecule has 2 aromatic rings. The van der Waals surface area contributed by atoms with Crippen LogP contribution in [-0.2, 0) is 11.0 Å². The predicted octanol–water partition coefficient (Wildman–Crippen LogP) is 2.67.